The molecule has 1 aliphatic heterocycles. The van der Waals surface area contributed by atoms with Gasteiger partial charge in [-0.15, -0.1) is 0 Å². The van der Waals surface area contributed by atoms with Crippen molar-refractivity contribution in [2.45, 2.75) is 37.8 Å². The molecule has 3 aromatic carbocycles. The maximum Gasteiger partial charge on any atom is 0.411 e. The molecule has 0 bridgehead atoms. The number of benzene rings is 3. The molecule has 200 valence electrons. The average Bonchev–Trinajstić information content (AvgIpc) is 2.91. The number of carbonyl (C=O) groups excluding carboxylic acids is 2. The van der Waals surface area contributed by atoms with Gasteiger partial charge in [0.1, 0.15) is 23.1 Å². The van der Waals surface area contributed by atoms with E-state index in [0.717, 1.165) is 11.6 Å². The molecule has 1 fully saturated rings. The predicted octanol–water partition coefficient (Wildman–Crippen LogP) is 6.28. The highest BCUT2D eigenvalue weighted by Crippen LogP contribution is 2.40. The number of nitrogens with zero attached hydrogens (tertiary/aromatic N) is 1. The van der Waals surface area contributed by atoms with E-state index in [-0.39, 0.29) is 23.5 Å². The number of cyclic esters (lactones) is 1. The Morgan fingerprint density at radius 2 is 1.71 bits per heavy atom. The van der Waals surface area contributed by atoms with E-state index in [9.17, 15) is 22.8 Å². The molecule has 0 radical (unpaired) electrons. The van der Waals surface area contributed by atoms with Gasteiger partial charge in [-0.25, -0.2) is 22.8 Å². The molecular weight excluding hydrogens is 495 g/mol. The summed E-state index contributed by atoms with van der Waals surface area (Å²) < 4.78 is 47.1. The van der Waals surface area contributed by atoms with E-state index in [1.54, 1.807) is 29.2 Å². The fraction of sp³-hybridized carbons (Fsp3) is 0.310. The highest BCUT2D eigenvalue weighted by Gasteiger charge is 2.43. The molecule has 0 saturated carbocycles. The van der Waals surface area contributed by atoms with Crippen LogP contribution in [0.4, 0.5) is 22.8 Å². The number of nitrogens with one attached hydrogen (secondary N) is 2. The minimum absolute atomic E-state index is 0.290. The summed E-state index contributed by atoms with van der Waals surface area (Å²) >= 11 is 0. The molecule has 0 aromatic heterocycles. The second-order valence-electron chi connectivity index (χ2n) is 9.34. The summed E-state index contributed by atoms with van der Waals surface area (Å²) in [5.74, 6) is -1.67. The molecular formula is C29H30F3N3O3. The molecule has 6 nitrogen and oxygen atoms in total. The molecule has 1 unspecified atom stereocenters. The van der Waals surface area contributed by atoms with Crippen molar-refractivity contribution in [3.63, 3.8) is 0 Å². The predicted molar refractivity (Wildman–Crippen MR) is 138 cm³/mol. The Morgan fingerprint density at radius 3 is 2.34 bits per heavy atom. The van der Waals surface area contributed by atoms with Crippen LogP contribution in [0.5, 0.6) is 0 Å². The van der Waals surface area contributed by atoms with Crippen LogP contribution in [0.2, 0.25) is 0 Å². The summed E-state index contributed by atoms with van der Waals surface area (Å²) in [5.41, 5.74) is 1.47. The number of urea groups is 1. The van der Waals surface area contributed by atoms with Gasteiger partial charge in [-0.1, -0.05) is 36.4 Å². The van der Waals surface area contributed by atoms with E-state index in [1.807, 2.05) is 19.1 Å². The SMILES string of the molecule is CNC(=O)NCCCC1(c2ccc(F)cc2)CCN([C@@H](C)c2ccc(-c3ccc(F)cc3F)cc2)C(=O)O1. The van der Waals surface area contributed by atoms with Crippen molar-refractivity contribution < 1.29 is 27.5 Å². The molecule has 1 aliphatic rings. The Bertz CT molecular complexity index is 1280. The number of carbonyl (C=O) groups is 2. The summed E-state index contributed by atoms with van der Waals surface area (Å²) in [6.07, 6.45) is 0.984. The molecule has 2 atom stereocenters. The van der Waals surface area contributed by atoms with E-state index in [1.165, 1.54) is 31.3 Å². The van der Waals surface area contributed by atoms with Gasteiger partial charge in [0.15, 0.2) is 0 Å². The molecule has 9 heteroatoms. The van der Waals surface area contributed by atoms with Crippen molar-refractivity contribution in [3.8, 4) is 11.1 Å². The van der Waals surface area contributed by atoms with E-state index in [4.69, 9.17) is 4.74 Å². The lowest BCUT2D eigenvalue weighted by atomic mass is 9.84. The van der Waals surface area contributed by atoms with Crippen LogP contribution in [0.3, 0.4) is 0 Å². The van der Waals surface area contributed by atoms with Crippen LogP contribution in [0.15, 0.2) is 66.7 Å². The fourth-order valence-corrected chi connectivity index (χ4v) is 4.81. The largest absolute Gasteiger partial charge is 0.438 e. The monoisotopic (exact) mass is 525 g/mol. The Kier molecular flexibility index (Phi) is 8.24. The smallest absolute Gasteiger partial charge is 0.411 e. The number of halogens is 3. The molecule has 1 heterocycles. The van der Waals surface area contributed by atoms with Crippen LogP contribution in [-0.2, 0) is 10.3 Å². The lowest BCUT2D eigenvalue weighted by Crippen LogP contribution is -2.49. The van der Waals surface area contributed by atoms with Crippen molar-refractivity contribution in [2.75, 3.05) is 20.1 Å². The number of rotatable bonds is 8. The zero-order valence-electron chi connectivity index (χ0n) is 21.3. The van der Waals surface area contributed by atoms with Gasteiger partial charge in [-0.2, -0.15) is 0 Å². The van der Waals surface area contributed by atoms with Crippen molar-refractivity contribution in [3.05, 3.63) is 95.3 Å². The van der Waals surface area contributed by atoms with Crippen molar-refractivity contribution >= 4 is 12.1 Å². The zero-order valence-corrected chi connectivity index (χ0v) is 21.3. The first-order valence-corrected chi connectivity index (χ1v) is 12.5. The van der Waals surface area contributed by atoms with Crippen LogP contribution in [0.25, 0.3) is 11.1 Å². The van der Waals surface area contributed by atoms with Gasteiger partial charge in [0.25, 0.3) is 0 Å². The van der Waals surface area contributed by atoms with Gasteiger partial charge >= 0.3 is 12.1 Å². The Morgan fingerprint density at radius 1 is 1.03 bits per heavy atom. The van der Waals surface area contributed by atoms with E-state index in [2.05, 4.69) is 10.6 Å². The Hall–Kier alpha value is -4.01. The Balaban J connectivity index is 1.48. The quantitative estimate of drug-likeness (QED) is 0.340. The van der Waals surface area contributed by atoms with E-state index in [0.29, 0.717) is 43.5 Å². The molecule has 38 heavy (non-hydrogen) atoms. The average molecular weight is 526 g/mol. The van der Waals surface area contributed by atoms with Gasteiger partial charge in [-0.05, 0) is 60.7 Å². The van der Waals surface area contributed by atoms with Crippen molar-refractivity contribution in [2.24, 2.45) is 0 Å². The third-order valence-corrected chi connectivity index (χ3v) is 7.02. The zero-order chi connectivity index (χ0) is 27.3. The summed E-state index contributed by atoms with van der Waals surface area (Å²) in [6.45, 7) is 2.67. The molecule has 1 saturated heterocycles. The highest BCUT2D eigenvalue weighted by atomic mass is 19.1. The maximum atomic E-state index is 14.2. The van der Waals surface area contributed by atoms with Gasteiger partial charge in [0.05, 0.1) is 6.04 Å². The molecule has 0 spiro atoms. The van der Waals surface area contributed by atoms with Crippen molar-refractivity contribution in [1.29, 1.82) is 0 Å². The summed E-state index contributed by atoms with van der Waals surface area (Å²) in [5, 5.41) is 5.22. The molecule has 2 N–H and O–H groups in total. The highest BCUT2D eigenvalue weighted by molar-refractivity contribution is 5.73. The minimum Gasteiger partial charge on any atom is -0.438 e. The first-order chi connectivity index (χ1) is 18.2. The second kappa shape index (κ2) is 11.6. The summed E-state index contributed by atoms with van der Waals surface area (Å²) in [6, 6.07) is 15.8. The Labute approximate surface area is 219 Å². The van der Waals surface area contributed by atoms with Gasteiger partial charge in [-0.3, -0.25) is 0 Å². The topological polar surface area (TPSA) is 70.7 Å². The summed E-state index contributed by atoms with van der Waals surface area (Å²) in [7, 11) is 1.53. The first kappa shape index (κ1) is 27.0. The van der Waals surface area contributed by atoms with Gasteiger partial charge in [0.2, 0.25) is 0 Å². The van der Waals surface area contributed by atoms with Gasteiger partial charge in [0, 0.05) is 38.2 Å². The second-order valence-corrected chi connectivity index (χ2v) is 9.34. The third kappa shape index (κ3) is 5.93. The van der Waals surface area contributed by atoms with Gasteiger partial charge < -0.3 is 20.3 Å². The van der Waals surface area contributed by atoms with Crippen LogP contribution in [0.1, 0.15) is 43.4 Å². The van der Waals surface area contributed by atoms with E-state index >= 15 is 0 Å². The van der Waals surface area contributed by atoms with Crippen LogP contribution >= 0.6 is 0 Å². The number of hydrogen-bond acceptors (Lipinski definition) is 3. The van der Waals surface area contributed by atoms with Crippen LogP contribution in [-0.4, -0.2) is 37.2 Å². The fourth-order valence-electron chi connectivity index (χ4n) is 4.81. The molecule has 3 aromatic rings. The minimum atomic E-state index is -0.949. The maximum absolute atomic E-state index is 14.2. The normalized spacial score (nSPS) is 18.0. The number of ether oxygens (including phenoxy) is 1. The lowest BCUT2D eigenvalue weighted by molar-refractivity contribution is -0.0663. The van der Waals surface area contributed by atoms with Crippen LogP contribution in [0, 0.1) is 17.5 Å². The van der Waals surface area contributed by atoms with E-state index < -0.39 is 23.3 Å². The number of amides is 3. The number of hydrogen-bond donors (Lipinski definition) is 2. The summed E-state index contributed by atoms with van der Waals surface area (Å²) in [4.78, 5) is 26.4. The van der Waals surface area contributed by atoms with Crippen molar-refractivity contribution in [1.82, 2.24) is 15.5 Å². The molecule has 4 rings (SSSR count). The lowest BCUT2D eigenvalue weighted by Gasteiger charge is -2.43. The first-order valence-electron chi connectivity index (χ1n) is 12.5. The standard InChI is InChI=1S/C29H30F3N3O3/c1-19(20-4-6-21(7-5-20)25-13-12-24(31)18-26(25)32)35-17-15-29(38-28(35)37,14-3-16-34-27(36)33-2)22-8-10-23(30)11-9-22/h4-13,18-19H,3,14-17H2,1-2H3,(H2,33,34,36)/t19-,29?/m0/s1. The van der Waals surface area contributed by atoms with Crippen LogP contribution < -0.4 is 10.6 Å². The molecule has 0 aliphatic carbocycles. The third-order valence-electron chi connectivity index (χ3n) is 7.02. The molecule has 3 amide bonds.